The lowest BCUT2D eigenvalue weighted by molar-refractivity contribution is -0.115. The summed E-state index contributed by atoms with van der Waals surface area (Å²) in [6.07, 6.45) is 0.280. The quantitative estimate of drug-likeness (QED) is 0.729. The van der Waals surface area contributed by atoms with E-state index in [2.05, 4.69) is 5.32 Å². The van der Waals surface area contributed by atoms with Gasteiger partial charge in [0.15, 0.2) is 9.84 Å². The van der Waals surface area contributed by atoms with Crippen LogP contribution >= 0.6 is 0 Å². The number of benzene rings is 1. The number of nitrogens with one attached hydrogen (secondary N) is 1. The van der Waals surface area contributed by atoms with Crippen LogP contribution in [0.15, 0.2) is 23.1 Å². The number of methoxy groups -OCH3 is 1. The van der Waals surface area contributed by atoms with Crippen molar-refractivity contribution in [2.24, 2.45) is 0 Å². The highest BCUT2D eigenvalue weighted by molar-refractivity contribution is 7.92. The summed E-state index contributed by atoms with van der Waals surface area (Å²) >= 11 is 0. The number of carbonyl (C=O) groups excluding carboxylic acids is 1. The van der Waals surface area contributed by atoms with Gasteiger partial charge >= 0.3 is 5.51 Å². The first-order valence-electron chi connectivity index (χ1n) is 7.29. The molecule has 0 fully saturated rings. The number of carbonyl (C=O) groups is 1. The Morgan fingerprint density at radius 1 is 1.23 bits per heavy atom. The monoisotopic (exact) mass is 417 g/mol. The first-order chi connectivity index (χ1) is 11.8. The van der Waals surface area contributed by atoms with E-state index in [1.54, 1.807) is 6.92 Å². The highest BCUT2D eigenvalue weighted by Crippen LogP contribution is 2.34. The average molecular weight is 417 g/mol. The first kappa shape index (κ1) is 22.2. The molecule has 0 bridgehead atoms. The SMILES string of the molecule is CCCS(=O)(=O)C(C)C(=O)Nc1cc(S(=O)(=O)C(F)(F)F)ccc1OC. The van der Waals surface area contributed by atoms with Crippen LogP contribution in [0.4, 0.5) is 18.9 Å². The summed E-state index contributed by atoms with van der Waals surface area (Å²) in [6, 6.07) is 2.17. The minimum atomic E-state index is -5.64. The lowest BCUT2D eigenvalue weighted by Crippen LogP contribution is -2.34. The molecule has 1 atom stereocenters. The molecule has 1 N–H and O–H groups in total. The van der Waals surface area contributed by atoms with E-state index in [-0.39, 0.29) is 23.6 Å². The topological polar surface area (TPSA) is 107 Å². The second-order valence-corrected chi connectivity index (χ2v) is 9.69. The third kappa shape index (κ3) is 4.67. The van der Waals surface area contributed by atoms with Crippen LogP contribution in [0.5, 0.6) is 5.75 Å². The Morgan fingerprint density at radius 2 is 1.81 bits per heavy atom. The molecule has 0 aliphatic rings. The maximum Gasteiger partial charge on any atom is 0.501 e. The minimum absolute atomic E-state index is 0.125. The molecule has 148 valence electrons. The second-order valence-electron chi connectivity index (χ2n) is 5.31. The molecule has 0 saturated heterocycles. The fourth-order valence-corrected chi connectivity index (χ4v) is 4.04. The number of ether oxygens (including phenoxy) is 1. The summed E-state index contributed by atoms with van der Waals surface area (Å²) in [7, 11) is -8.25. The highest BCUT2D eigenvalue weighted by atomic mass is 32.2. The summed E-state index contributed by atoms with van der Waals surface area (Å²) < 4.78 is 89.8. The number of hydrogen-bond donors (Lipinski definition) is 1. The molecule has 1 unspecified atom stereocenters. The molecule has 0 aliphatic heterocycles. The maximum atomic E-state index is 12.7. The molecule has 0 heterocycles. The van der Waals surface area contributed by atoms with Crippen LogP contribution in [0.3, 0.4) is 0 Å². The van der Waals surface area contributed by atoms with Crippen molar-refractivity contribution in [2.75, 3.05) is 18.2 Å². The molecule has 26 heavy (non-hydrogen) atoms. The summed E-state index contributed by atoms with van der Waals surface area (Å²) in [6.45, 7) is 2.74. The minimum Gasteiger partial charge on any atom is -0.495 e. The number of sulfone groups is 2. The molecular weight excluding hydrogens is 399 g/mol. The third-order valence-electron chi connectivity index (χ3n) is 3.44. The van der Waals surface area contributed by atoms with Crippen LogP contribution in [0, 0.1) is 0 Å². The Morgan fingerprint density at radius 3 is 2.27 bits per heavy atom. The van der Waals surface area contributed by atoms with E-state index in [1.165, 1.54) is 0 Å². The Balaban J connectivity index is 3.28. The lowest BCUT2D eigenvalue weighted by atomic mass is 10.3. The number of amides is 1. The zero-order chi connectivity index (χ0) is 20.3. The molecule has 1 aromatic carbocycles. The van der Waals surface area contributed by atoms with Crippen molar-refractivity contribution in [2.45, 2.75) is 35.9 Å². The standard InChI is InChI=1S/C14H18F3NO6S2/c1-4-7-25(20,21)9(2)13(19)18-11-8-10(5-6-12(11)24-3)26(22,23)14(15,16)17/h5-6,8-9H,4,7H2,1-3H3,(H,18,19). The number of hydrogen-bond acceptors (Lipinski definition) is 6. The Kier molecular flexibility index (Phi) is 6.69. The predicted molar refractivity (Wildman–Crippen MR) is 88.4 cm³/mol. The average Bonchev–Trinajstić information content (AvgIpc) is 2.52. The number of halogens is 3. The first-order valence-corrected chi connectivity index (χ1v) is 10.5. The van der Waals surface area contributed by atoms with Gasteiger partial charge in [-0.2, -0.15) is 13.2 Å². The summed E-state index contributed by atoms with van der Waals surface area (Å²) in [5.41, 5.74) is -5.91. The zero-order valence-electron chi connectivity index (χ0n) is 14.1. The fraction of sp³-hybridized carbons (Fsp3) is 0.500. The van der Waals surface area contributed by atoms with E-state index in [4.69, 9.17) is 4.74 Å². The van der Waals surface area contributed by atoms with Crippen molar-refractivity contribution in [1.29, 1.82) is 0 Å². The van der Waals surface area contributed by atoms with Crippen molar-refractivity contribution < 1.29 is 39.5 Å². The van der Waals surface area contributed by atoms with E-state index < -0.39 is 41.2 Å². The van der Waals surface area contributed by atoms with Crippen molar-refractivity contribution in [1.82, 2.24) is 0 Å². The van der Waals surface area contributed by atoms with Gasteiger partial charge in [0.25, 0.3) is 9.84 Å². The van der Waals surface area contributed by atoms with Gasteiger partial charge in [-0.25, -0.2) is 16.8 Å². The largest absolute Gasteiger partial charge is 0.501 e. The van der Waals surface area contributed by atoms with Crippen LogP contribution < -0.4 is 10.1 Å². The molecule has 1 amide bonds. The van der Waals surface area contributed by atoms with Crippen LogP contribution in [0.25, 0.3) is 0 Å². The Labute approximate surface area is 149 Å². The molecule has 1 aromatic rings. The van der Waals surface area contributed by atoms with E-state index in [9.17, 15) is 34.8 Å². The molecule has 7 nitrogen and oxygen atoms in total. The number of alkyl halides is 3. The van der Waals surface area contributed by atoms with Gasteiger partial charge < -0.3 is 10.1 Å². The summed E-state index contributed by atoms with van der Waals surface area (Å²) in [5, 5.41) is 0.638. The molecule has 0 spiro atoms. The highest BCUT2D eigenvalue weighted by Gasteiger charge is 2.47. The maximum absolute atomic E-state index is 12.7. The fourth-order valence-electron chi connectivity index (χ4n) is 1.94. The molecule has 0 aliphatic carbocycles. The van der Waals surface area contributed by atoms with Gasteiger partial charge in [-0.15, -0.1) is 0 Å². The normalized spacial score (nSPS) is 13.9. The van der Waals surface area contributed by atoms with Gasteiger partial charge in [-0.05, 0) is 31.5 Å². The van der Waals surface area contributed by atoms with E-state index in [1.807, 2.05) is 0 Å². The van der Waals surface area contributed by atoms with Crippen LogP contribution in [0.1, 0.15) is 20.3 Å². The zero-order valence-corrected chi connectivity index (χ0v) is 15.8. The smallest absolute Gasteiger partial charge is 0.495 e. The van der Waals surface area contributed by atoms with Crippen molar-refractivity contribution >= 4 is 31.3 Å². The predicted octanol–water partition coefficient (Wildman–Crippen LogP) is 2.14. The van der Waals surface area contributed by atoms with E-state index >= 15 is 0 Å². The molecule has 1 rings (SSSR count). The number of anilines is 1. The molecule has 12 heteroatoms. The molecule has 0 saturated carbocycles. The van der Waals surface area contributed by atoms with Crippen LogP contribution in [0.2, 0.25) is 0 Å². The van der Waals surface area contributed by atoms with Crippen LogP contribution in [-0.4, -0.2) is 46.4 Å². The van der Waals surface area contributed by atoms with Crippen molar-refractivity contribution in [3.63, 3.8) is 0 Å². The number of rotatable bonds is 7. The van der Waals surface area contributed by atoms with Gasteiger partial charge in [-0.1, -0.05) is 6.92 Å². The van der Waals surface area contributed by atoms with Crippen LogP contribution in [-0.2, 0) is 24.5 Å². The Hall–Kier alpha value is -1.82. The van der Waals surface area contributed by atoms with Gasteiger partial charge in [-0.3, -0.25) is 4.79 Å². The van der Waals surface area contributed by atoms with E-state index in [0.29, 0.717) is 12.1 Å². The molecule has 0 radical (unpaired) electrons. The summed E-state index contributed by atoms with van der Waals surface area (Å²) in [4.78, 5) is 11.0. The van der Waals surface area contributed by atoms with Gasteiger partial charge in [0.05, 0.1) is 23.4 Å². The second kappa shape index (κ2) is 7.82. The van der Waals surface area contributed by atoms with Crippen molar-refractivity contribution in [3.8, 4) is 5.75 Å². The van der Waals surface area contributed by atoms with Gasteiger partial charge in [0.2, 0.25) is 5.91 Å². The third-order valence-corrected chi connectivity index (χ3v) is 7.19. The molecular formula is C14H18F3NO6S2. The van der Waals surface area contributed by atoms with Gasteiger partial charge in [0, 0.05) is 0 Å². The summed E-state index contributed by atoms with van der Waals surface area (Å²) in [5.74, 6) is -1.39. The lowest BCUT2D eigenvalue weighted by Gasteiger charge is -2.16. The van der Waals surface area contributed by atoms with Gasteiger partial charge in [0.1, 0.15) is 11.0 Å². The Bertz CT molecular complexity index is 878. The van der Waals surface area contributed by atoms with Crippen molar-refractivity contribution in [3.05, 3.63) is 18.2 Å². The molecule has 0 aromatic heterocycles. The van der Waals surface area contributed by atoms with E-state index in [0.717, 1.165) is 20.1 Å².